The molecule has 82 valence electrons. The van der Waals surface area contributed by atoms with Gasteiger partial charge in [-0.3, -0.25) is 4.79 Å². The summed E-state index contributed by atoms with van der Waals surface area (Å²) in [5, 5.41) is 0. The normalized spacial score (nSPS) is 20.3. The lowest BCUT2D eigenvalue weighted by Crippen LogP contribution is -2.46. The average Bonchev–Trinajstić information content (AvgIpc) is 2.97. The fourth-order valence-corrected chi connectivity index (χ4v) is 1.53. The van der Waals surface area contributed by atoms with Crippen molar-refractivity contribution in [1.29, 1.82) is 0 Å². The summed E-state index contributed by atoms with van der Waals surface area (Å²) in [5.74, 6) is 1.13. The second-order valence-electron chi connectivity index (χ2n) is 4.57. The van der Waals surface area contributed by atoms with Crippen molar-refractivity contribution in [2.75, 3.05) is 13.6 Å². The summed E-state index contributed by atoms with van der Waals surface area (Å²) in [6, 6.07) is -0.316. The second-order valence-corrected chi connectivity index (χ2v) is 4.57. The molecule has 0 aromatic rings. The van der Waals surface area contributed by atoms with Gasteiger partial charge in [0.05, 0.1) is 6.04 Å². The smallest absolute Gasteiger partial charge is 0.239 e. The van der Waals surface area contributed by atoms with Crippen LogP contribution in [0.2, 0.25) is 0 Å². The molecule has 0 aliphatic heterocycles. The van der Waals surface area contributed by atoms with Gasteiger partial charge in [-0.05, 0) is 24.7 Å². The van der Waals surface area contributed by atoms with Gasteiger partial charge in [0.25, 0.3) is 0 Å². The maximum Gasteiger partial charge on any atom is 0.239 e. The van der Waals surface area contributed by atoms with Crippen molar-refractivity contribution in [1.82, 2.24) is 4.90 Å². The Morgan fingerprint density at radius 3 is 2.57 bits per heavy atom. The van der Waals surface area contributed by atoms with E-state index >= 15 is 0 Å². The van der Waals surface area contributed by atoms with Crippen molar-refractivity contribution in [3.8, 4) is 0 Å². The Morgan fingerprint density at radius 2 is 2.14 bits per heavy atom. The Labute approximate surface area is 86.6 Å². The Hall–Kier alpha value is -0.570. The van der Waals surface area contributed by atoms with Crippen LogP contribution in [0.25, 0.3) is 0 Å². The minimum Gasteiger partial charge on any atom is -0.344 e. The van der Waals surface area contributed by atoms with Crippen LogP contribution in [0.3, 0.4) is 0 Å². The molecule has 14 heavy (non-hydrogen) atoms. The summed E-state index contributed by atoms with van der Waals surface area (Å²) >= 11 is 0. The van der Waals surface area contributed by atoms with Crippen molar-refractivity contribution in [3.05, 3.63) is 0 Å². The van der Waals surface area contributed by atoms with Crippen LogP contribution in [0.5, 0.6) is 0 Å². The fraction of sp³-hybridized carbons (Fsp3) is 0.909. The second kappa shape index (κ2) is 4.78. The molecule has 3 nitrogen and oxygen atoms in total. The zero-order valence-electron chi connectivity index (χ0n) is 9.49. The molecule has 2 atom stereocenters. The predicted octanol–water partition coefficient (Wildman–Crippen LogP) is 1.23. The first-order valence-electron chi connectivity index (χ1n) is 5.56. The van der Waals surface area contributed by atoms with E-state index in [4.69, 9.17) is 5.73 Å². The summed E-state index contributed by atoms with van der Waals surface area (Å²) in [6.45, 7) is 5.00. The van der Waals surface area contributed by atoms with Crippen LogP contribution < -0.4 is 5.73 Å². The van der Waals surface area contributed by atoms with Crippen molar-refractivity contribution < 1.29 is 4.79 Å². The Kier molecular flexibility index (Phi) is 3.93. The van der Waals surface area contributed by atoms with Crippen LogP contribution in [-0.2, 0) is 4.79 Å². The largest absolute Gasteiger partial charge is 0.344 e. The van der Waals surface area contributed by atoms with Crippen molar-refractivity contribution in [2.24, 2.45) is 17.6 Å². The lowest BCUT2D eigenvalue weighted by molar-refractivity contribution is -0.132. The van der Waals surface area contributed by atoms with Gasteiger partial charge in [0, 0.05) is 13.6 Å². The number of hydrogen-bond donors (Lipinski definition) is 1. The highest BCUT2D eigenvalue weighted by Gasteiger charge is 2.28. The first-order chi connectivity index (χ1) is 6.56. The number of amides is 1. The van der Waals surface area contributed by atoms with Crippen molar-refractivity contribution in [2.45, 2.75) is 39.2 Å². The van der Waals surface area contributed by atoms with Crippen molar-refractivity contribution >= 4 is 5.91 Å². The molecule has 0 radical (unpaired) electrons. The molecule has 1 rings (SSSR count). The molecule has 1 aliphatic carbocycles. The Bertz CT molecular complexity index is 201. The zero-order chi connectivity index (χ0) is 10.7. The van der Waals surface area contributed by atoms with E-state index in [-0.39, 0.29) is 17.9 Å². The lowest BCUT2D eigenvalue weighted by atomic mass is 9.99. The first kappa shape index (κ1) is 11.5. The van der Waals surface area contributed by atoms with Crippen LogP contribution in [-0.4, -0.2) is 30.4 Å². The monoisotopic (exact) mass is 198 g/mol. The van der Waals surface area contributed by atoms with Gasteiger partial charge in [0.15, 0.2) is 0 Å². The fourth-order valence-electron chi connectivity index (χ4n) is 1.53. The van der Waals surface area contributed by atoms with Crippen LogP contribution >= 0.6 is 0 Å². The third kappa shape index (κ3) is 2.98. The Morgan fingerprint density at radius 1 is 1.57 bits per heavy atom. The van der Waals surface area contributed by atoms with Gasteiger partial charge in [-0.1, -0.05) is 20.3 Å². The quantitative estimate of drug-likeness (QED) is 0.722. The van der Waals surface area contributed by atoms with Crippen LogP contribution in [0.1, 0.15) is 33.1 Å². The van der Waals surface area contributed by atoms with Gasteiger partial charge in [-0.25, -0.2) is 0 Å². The van der Waals surface area contributed by atoms with Crippen LogP contribution in [0.4, 0.5) is 0 Å². The van der Waals surface area contributed by atoms with Gasteiger partial charge in [-0.2, -0.15) is 0 Å². The number of nitrogens with two attached hydrogens (primary N) is 1. The van der Waals surface area contributed by atoms with E-state index in [2.05, 4.69) is 6.92 Å². The summed E-state index contributed by atoms with van der Waals surface area (Å²) in [4.78, 5) is 13.6. The molecule has 1 fully saturated rings. The minimum atomic E-state index is -0.316. The molecule has 1 amide bonds. The number of rotatable bonds is 5. The molecule has 0 saturated heterocycles. The topological polar surface area (TPSA) is 46.3 Å². The van der Waals surface area contributed by atoms with E-state index in [0.717, 1.165) is 18.9 Å². The standard InChI is InChI=1S/C11H22N2O/c1-4-8(2)10(12)11(14)13(3)7-9-5-6-9/h8-10H,4-7,12H2,1-3H3/t8-,10-/m0/s1. The summed E-state index contributed by atoms with van der Waals surface area (Å²) in [7, 11) is 1.86. The highest BCUT2D eigenvalue weighted by atomic mass is 16.2. The summed E-state index contributed by atoms with van der Waals surface area (Å²) in [6.07, 6.45) is 3.51. The molecule has 0 spiro atoms. The van der Waals surface area contributed by atoms with E-state index in [9.17, 15) is 4.79 Å². The van der Waals surface area contributed by atoms with Crippen LogP contribution in [0.15, 0.2) is 0 Å². The Balaban J connectivity index is 2.37. The zero-order valence-corrected chi connectivity index (χ0v) is 9.49. The van der Waals surface area contributed by atoms with Gasteiger partial charge < -0.3 is 10.6 Å². The van der Waals surface area contributed by atoms with Crippen LogP contribution in [0, 0.1) is 11.8 Å². The van der Waals surface area contributed by atoms with Gasteiger partial charge in [-0.15, -0.1) is 0 Å². The summed E-state index contributed by atoms with van der Waals surface area (Å²) < 4.78 is 0. The number of likely N-dealkylation sites (N-methyl/N-ethyl adjacent to an activating group) is 1. The first-order valence-corrected chi connectivity index (χ1v) is 5.56. The van der Waals surface area contributed by atoms with E-state index in [1.54, 1.807) is 4.90 Å². The van der Waals surface area contributed by atoms with Gasteiger partial charge in [0.1, 0.15) is 0 Å². The van der Waals surface area contributed by atoms with Gasteiger partial charge >= 0.3 is 0 Å². The molecular formula is C11H22N2O. The SMILES string of the molecule is CC[C@H](C)[C@H](N)C(=O)N(C)CC1CC1. The molecule has 0 unspecified atom stereocenters. The molecule has 1 saturated carbocycles. The van der Waals surface area contributed by atoms with E-state index in [1.807, 2.05) is 14.0 Å². The van der Waals surface area contributed by atoms with E-state index in [0.29, 0.717) is 0 Å². The molecule has 0 heterocycles. The molecule has 0 aromatic carbocycles. The van der Waals surface area contributed by atoms with E-state index in [1.165, 1.54) is 12.8 Å². The lowest BCUT2D eigenvalue weighted by Gasteiger charge is -2.24. The van der Waals surface area contributed by atoms with Crippen molar-refractivity contribution in [3.63, 3.8) is 0 Å². The molecular weight excluding hydrogens is 176 g/mol. The third-order valence-electron chi connectivity index (χ3n) is 3.15. The predicted molar refractivity (Wildman–Crippen MR) is 57.8 cm³/mol. The molecule has 2 N–H and O–H groups in total. The maximum atomic E-state index is 11.8. The highest BCUT2D eigenvalue weighted by molar-refractivity contribution is 5.81. The molecule has 1 aliphatic rings. The number of nitrogens with zero attached hydrogens (tertiary/aromatic N) is 1. The molecule has 0 bridgehead atoms. The number of carbonyl (C=O) groups is 1. The number of carbonyl (C=O) groups excluding carboxylic acids is 1. The third-order valence-corrected chi connectivity index (χ3v) is 3.15. The summed E-state index contributed by atoms with van der Waals surface area (Å²) in [5.41, 5.74) is 5.88. The minimum absolute atomic E-state index is 0.103. The molecule has 3 heteroatoms. The van der Waals surface area contributed by atoms with E-state index < -0.39 is 0 Å². The number of hydrogen-bond acceptors (Lipinski definition) is 2. The maximum absolute atomic E-state index is 11.8. The van der Waals surface area contributed by atoms with Gasteiger partial charge in [0.2, 0.25) is 5.91 Å². The average molecular weight is 198 g/mol. The highest BCUT2D eigenvalue weighted by Crippen LogP contribution is 2.29. The molecule has 0 aromatic heterocycles.